The van der Waals surface area contributed by atoms with Crippen molar-refractivity contribution >= 4 is 0 Å². The van der Waals surface area contributed by atoms with Crippen LogP contribution in [0.15, 0.2) is 0 Å². The van der Waals surface area contributed by atoms with Crippen molar-refractivity contribution in [2.24, 2.45) is 0 Å². The van der Waals surface area contributed by atoms with Crippen LogP contribution >= 0.6 is 0 Å². The Bertz CT molecular complexity index is 54.1. The van der Waals surface area contributed by atoms with E-state index in [4.69, 9.17) is 0 Å². The molecule has 0 aromatic heterocycles. The lowest BCUT2D eigenvalue weighted by atomic mass is 10.3. The highest BCUT2D eigenvalue weighted by atomic mass is 14.8. The van der Waals surface area contributed by atoms with Gasteiger partial charge < -0.3 is 5.32 Å². The summed E-state index contributed by atoms with van der Waals surface area (Å²) in [4.78, 5) is 0. The van der Waals surface area contributed by atoms with Crippen LogP contribution in [-0.4, -0.2) is 13.1 Å². The first kappa shape index (κ1) is 15.4. The monoisotopic (exact) mass is 187 g/mol. The maximum Gasteiger partial charge on any atom is -0.00490 e. The number of nitrogens with one attached hydrogen (secondary N) is 1. The second-order valence-corrected chi connectivity index (χ2v) is 3.46. The van der Waals surface area contributed by atoms with Gasteiger partial charge in [0.25, 0.3) is 0 Å². The van der Waals surface area contributed by atoms with Gasteiger partial charge >= 0.3 is 0 Å². The maximum atomic E-state index is 3.39. The lowest BCUT2D eigenvalue weighted by Crippen LogP contribution is -2.15. The van der Waals surface area contributed by atoms with Crippen LogP contribution in [0.4, 0.5) is 0 Å². The molecule has 0 atom stereocenters. The molecule has 0 aliphatic rings. The van der Waals surface area contributed by atoms with Crippen molar-refractivity contribution in [2.45, 2.75) is 66.2 Å². The largest absolute Gasteiger partial charge is 0.317 e. The third kappa shape index (κ3) is 24.5. The molecule has 0 heterocycles. The quantitative estimate of drug-likeness (QED) is 0.594. The van der Waals surface area contributed by atoms with Crippen LogP contribution in [0.1, 0.15) is 66.2 Å². The Balaban J connectivity index is 0. The average Bonchev–Trinajstić information content (AvgIpc) is 2.18. The van der Waals surface area contributed by atoms with Crippen molar-refractivity contribution in [1.82, 2.24) is 5.32 Å². The summed E-state index contributed by atoms with van der Waals surface area (Å²) in [6, 6.07) is 0. The molecular weight excluding hydrogens is 158 g/mol. The highest BCUT2D eigenvalue weighted by Crippen LogP contribution is 1.85. The fraction of sp³-hybridized carbons (Fsp3) is 1.00. The summed E-state index contributed by atoms with van der Waals surface area (Å²) in [6.07, 6.45) is 7.89. The zero-order valence-electron chi connectivity index (χ0n) is 10.2. The molecule has 0 unspecified atom stereocenters. The predicted molar refractivity (Wildman–Crippen MR) is 63.3 cm³/mol. The summed E-state index contributed by atoms with van der Waals surface area (Å²) in [6.45, 7) is 11.2. The van der Waals surface area contributed by atoms with E-state index < -0.39 is 0 Å². The van der Waals surface area contributed by atoms with Crippen molar-refractivity contribution in [3.8, 4) is 0 Å². The molecule has 13 heavy (non-hydrogen) atoms. The number of hydrogen-bond donors (Lipinski definition) is 1. The fourth-order valence-electron chi connectivity index (χ4n) is 0.729. The molecule has 0 fully saturated rings. The van der Waals surface area contributed by atoms with Crippen LogP contribution in [0.3, 0.4) is 0 Å². The van der Waals surface area contributed by atoms with E-state index >= 15 is 0 Å². The molecule has 1 heteroatoms. The van der Waals surface area contributed by atoms with Gasteiger partial charge in [-0.05, 0) is 25.9 Å². The number of hydrogen-bond acceptors (Lipinski definition) is 1. The second kappa shape index (κ2) is 17.9. The molecule has 0 rings (SSSR count). The van der Waals surface area contributed by atoms with Crippen LogP contribution < -0.4 is 5.32 Å². The third-order valence-corrected chi connectivity index (χ3v) is 1.91. The van der Waals surface area contributed by atoms with Gasteiger partial charge in [-0.2, -0.15) is 0 Å². The minimum absolute atomic E-state index is 1.20. The molecule has 0 aromatic carbocycles. The van der Waals surface area contributed by atoms with Crippen LogP contribution in [0.25, 0.3) is 0 Å². The van der Waals surface area contributed by atoms with Crippen molar-refractivity contribution in [3.63, 3.8) is 0 Å². The van der Waals surface area contributed by atoms with E-state index in [9.17, 15) is 0 Å². The SMILES string of the molecule is CCCC.CCCCNCCCC. The Morgan fingerprint density at radius 1 is 0.615 bits per heavy atom. The first-order valence-electron chi connectivity index (χ1n) is 6.04. The van der Waals surface area contributed by atoms with Crippen LogP contribution in [0.5, 0.6) is 0 Å². The van der Waals surface area contributed by atoms with Gasteiger partial charge in [-0.3, -0.25) is 0 Å². The molecule has 1 N–H and O–H groups in total. The average molecular weight is 187 g/mol. The molecule has 0 radical (unpaired) electrons. The van der Waals surface area contributed by atoms with Crippen molar-refractivity contribution in [2.75, 3.05) is 13.1 Å². The third-order valence-electron chi connectivity index (χ3n) is 1.91. The van der Waals surface area contributed by atoms with Gasteiger partial charge in [0.1, 0.15) is 0 Å². The smallest absolute Gasteiger partial charge is 0.00490 e. The predicted octanol–water partition coefficient (Wildman–Crippen LogP) is 3.98. The van der Waals surface area contributed by atoms with E-state index in [0.717, 1.165) is 0 Å². The van der Waals surface area contributed by atoms with Crippen LogP contribution in [-0.2, 0) is 0 Å². The van der Waals surface area contributed by atoms with E-state index in [1.54, 1.807) is 0 Å². The molecule has 0 aliphatic carbocycles. The first-order valence-corrected chi connectivity index (χ1v) is 6.04. The fourth-order valence-corrected chi connectivity index (χ4v) is 0.729. The molecular formula is C12H29N. The molecule has 82 valence electrons. The van der Waals surface area contributed by atoms with Crippen molar-refractivity contribution in [3.05, 3.63) is 0 Å². The Morgan fingerprint density at radius 2 is 1.00 bits per heavy atom. The summed E-state index contributed by atoms with van der Waals surface area (Å²) in [5.74, 6) is 0. The minimum atomic E-state index is 1.20. The van der Waals surface area contributed by atoms with Gasteiger partial charge in [0.15, 0.2) is 0 Å². The Hall–Kier alpha value is -0.0400. The summed E-state index contributed by atoms with van der Waals surface area (Å²) in [5, 5.41) is 3.39. The molecule has 0 saturated carbocycles. The molecule has 1 nitrogen and oxygen atoms in total. The van der Waals surface area contributed by atoms with Crippen molar-refractivity contribution < 1.29 is 0 Å². The molecule has 0 aromatic rings. The first-order chi connectivity index (χ1) is 6.33. The van der Waals surface area contributed by atoms with Gasteiger partial charge in [-0.15, -0.1) is 0 Å². The van der Waals surface area contributed by atoms with Gasteiger partial charge in [0.2, 0.25) is 0 Å². The molecule has 0 aliphatic heterocycles. The summed E-state index contributed by atoms with van der Waals surface area (Å²) >= 11 is 0. The molecule has 0 saturated heterocycles. The Kier molecular flexibility index (Phi) is 21.2. The van der Waals surface area contributed by atoms with Gasteiger partial charge in [-0.1, -0.05) is 53.4 Å². The topological polar surface area (TPSA) is 12.0 Å². The van der Waals surface area contributed by atoms with Gasteiger partial charge in [0, 0.05) is 0 Å². The van der Waals surface area contributed by atoms with Crippen molar-refractivity contribution in [1.29, 1.82) is 0 Å². The zero-order valence-corrected chi connectivity index (χ0v) is 10.2. The highest BCUT2D eigenvalue weighted by molar-refractivity contribution is 4.45. The standard InChI is InChI=1S/C8H19N.C4H10/c1-3-5-7-9-8-6-4-2;1-3-4-2/h9H,3-8H2,1-2H3;3-4H2,1-2H3. The van der Waals surface area contributed by atoms with E-state index in [2.05, 4.69) is 33.0 Å². The van der Waals surface area contributed by atoms with E-state index in [-0.39, 0.29) is 0 Å². The zero-order chi connectivity index (χ0) is 10.4. The minimum Gasteiger partial charge on any atom is -0.317 e. The number of rotatable bonds is 7. The van der Waals surface area contributed by atoms with E-state index in [1.165, 1.54) is 51.6 Å². The highest BCUT2D eigenvalue weighted by Gasteiger charge is 1.83. The molecule has 0 bridgehead atoms. The summed E-state index contributed by atoms with van der Waals surface area (Å²) in [5.41, 5.74) is 0. The van der Waals surface area contributed by atoms with Gasteiger partial charge in [0.05, 0.1) is 0 Å². The van der Waals surface area contributed by atoms with Gasteiger partial charge in [-0.25, -0.2) is 0 Å². The number of unbranched alkanes of at least 4 members (excludes halogenated alkanes) is 3. The van der Waals surface area contributed by atoms with E-state index in [0.29, 0.717) is 0 Å². The Labute approximate surface area is 85.3 Å². The summed E-state index contributed by atoms with van der Waals surface area (Å²) in [7, 11) is 0. The lowest BCUT2D eigenvalue weighted by Gasteiger charge is -1.99. The summed E-state index contributed by atoms with van der Waals surface area (Å²) < 4.78 is 0. The van der Waals surface area contributed by atoms with E-state index in [1.807, 2.05) is 0 Å². The molecule has 0 spiro atoms. The van der Waals surface area contributed by atoms with Crippen LogP contribution in [0, 0.1) is 0 Å². The molecule has 0 amide bonds. The Morgan fingerprint density at radius 3 is 1.23 bits per heavy atom. The maximum absolute atomic E-state index is 3.39. The second-order valence-electron chi connectivity index (χ2n) is 3.46. The van der Waals surface area contributed by atoms with Crippen LogP contribution in [0.2, 0.25) is 0 Å². The normalized spacial score (nSPS) is 9.23. The lowest BCUT2D eigenvalue weighted by molar-refractivity contribution is 0.611.